The van der Waals surface area contributed by atoms with Crippen molar-refractivity contribution in [2.24, 2.45) is 0 Å². The van der Waals surface area contributed by atoms with Gasteiger partial charge in [0.2, 0.25) is 0 Å². The fourth-order valence-corrected chi connectivity index (χ4v) is 3.86. The summed E-state index contributed by atoms with van der Waals surface area (Å²) in [5, 5.41) is 21.5. The largest absolute Gasteiger partial charge is 0.394 e. The van der Waals surface area contributed by atoms with Crippen molar-refractivity contribution in [3.8, 4) is 0 Å². The SMILES string of the molecule is CCC(CO)(CO)NC1CCCC1S(C)(=O)=O. The summed E-state index contributed by atoms with van der Waals surface area (Å²) in [5.41, 5.74) is -0.766. The minimum absolute atomic E-state index is 0.163. The normalized spacial score (nSPS) is 26.4. The van der Waals surface area contributed by atoms with Gasteiger partial charge in [0.1, 0.15) is 0 Å². The standard InChI is InChI=1S/C11H23NO4S/c1-3-11(7-13,8-14)12-9-5-4-6-10(9)17(2,15)16/h9-10,12-14H,3-8H2,1-2H3. The predicted molar refractivity (Wildman–Crippen MR) is 66.6 cm³/mol. The van der Waals surface area contributed by atoms with E-state index in [4.69, 9.17) is 0 Å². The molecule has 0 aliphatic heterocycles. The van der Waals surface area contributed by atoms with Crippen molar-refractivity contribution in [2.75, 3.05) is 19.5 Å². The van der Waals surface area contributed by atoms with E-state index >= 15 is 0 Å². The highest BCUT2D eigenvalue weighted by Gasteiger charge is 2.39. The van der Waals surface area contributed by atoms with Gasteiger partial charge in [0.05, 0.1) is 24.0 Å². The second kappa shape index (κ2) is 5.65. The van der Waals surface area contributed by atoms with E-state index in [1.165, 1.54) is 6.26 Å². The van der Waals surface area contributed by atoms with Crippen LogP contribution in [0.15, 0.2) is 0 Å². The molecule has 1 saturated carbocycles. The maximum Gasteiger partial charge on any atom is 0.151 e. The number of nitrogens with one attached hydrogen (secondary N) is 1. The average Bonchev–Trinajstić information content (AvgIpc) is 2.73. The van der Waals surface area contributed by atoms with Crippen LogP contribution in [0, 0.1) is 0 Å². The summed E-state index contributed by atoms with van der Waals surface area (Å²) in [6, 6.07) is -0.163. The monoisotopic (exact) mass is 265 g/mol. The van der Waals surface area contributed by atoms with Gasteiger partial charge in [0.15, 0.2) is 9.84 Å². The molecular formula is C11H23NO4S. The third-order valence-electron chi connectivity index (χ3n) is 3.78. The van der Waals surface area contributed by atoms with Gasteiger partial charge in [-0.25, -0.2) is 8.42 Å². The molecule has 0 spiro atoms. The minimum Gasteiger partial charge on any atom is -0.394 e. The predicted octanol–water partition coefficient (Wildman–Crippen LogP) is -0.325. The smallest absolute Gasteiger partial charge is 0.151 e. The number of rotatable bonds is 6. The fourth-order valence-electron chi connectivity index (χ4n) is 2.46. The molecule has 1 aliphatic carbocycles. The van der Waals surface area contributed by atoms with E-state index in [0.717, 1.165) is 12.8 Å². The Bertz CT molecular complexity index is 329. The fraction of sp³-hybridized carbons (Fsp3) is 1.00. The topological polar surface area (TPSA) is 86.6 Å². The van der Waals surface area contributed by atoms with Gasteiger partial charge < -0.3 is 15.5 Å². The second-order valence-electron chi connectivity index (χ2n) is 5.00. The van der Waals surface area contributed by atoms with Crippen LogP contribution in [0.3, 0.4) is 0 Å². The zero-order valence-electron chi connectivity index (χ0n) is 10.5. The van der Waals surface area contributed by atoms with E-state index in [-0.39, 0.29) is 19.3 Å². The molecule has 1 aliphatic rings. The Labute approximate surface area is 103 Å². The first-order chi connectivity index (χ1) is 7.88. The first-order valence-electron chi connectivity index (χ1n) is 6.07. The third kappa shape index (κ3) is 3.40. The molecule has 2 unspecified atom stereocenters. The molecule has 3 N–H and O–H groups in total. The van der Waals surface area contributed by atoms with Crippen molar-refractivity contribution in [3.63, 3.8) is 0 Å². The van der Waals surface area contributed by atoms with Crippen LogP contribution >= 0.6 is 0 Å². The lowest BCUT2D eigenvalue weighted by Crippen LogP contribution is -2.58. The van der Waals surface area contributed by atoms with Gasteiger partial charge in [-0.15, -0.1) is 0 Å². The van der Waals surface area contributed by atoms with Gasteiger partial charge in [-0.2, -0.15) is 0 Å². The van der Waals surface area contributed by atoms with Crippen molar-refractivity contribution in [1.29, 1.82) is 0 Å². The Morgan fingerprint density at radius 3 is 2.29 bits per heavy atom. The summed E-state index contributed by atoms with van der Waals surface area (Å²) in [5.74, 6) is 0. The lowest BCUT2D eigenvalue weighted by molar-refractivity contribution is 0.0784. The van der Waals surface area contributed by atoms with E-state index in [0.29, 0.717) is 12.8 Å². The van der Waals surface area contributed by atoms with Crippen molar-refractivity contribution in [3.05, 3.63) is 0 Å². The maximum atomic E-state index is 11.6. The van der Waals surface area contributed by atoms with Crippen LogP contribution in [0.25, 0.3) is 0 Å². The molecular weight excluding hydrogens is 242 g/mol. The number of aliphatic hydroxyl groups is 2. The Morgan fingerprint density at radius 1 is 1.29 bits per heavy atom. The highest BCUT2D eigenvalue weighted by Crippen LogP contribution is 2.27. The molecule has 0 aromatic carbocycles. The zero-order valence-corrected chi connectivity index (χ0v) is 11.3. The highest BCUT2D eigenvalue weighted by atomic mass is 32.2. The molecule has 1 fully saturated rings. The van der Waals surface area contributed by atoms with E-state index < -0.39 is 20.6 Å². The molecule has 0 amide bonds. The van der Waals surface area contributed by atoms with E-state index in [1.807, 2.05) is 6.92 Å². The highest BCUT2D eigenvalue weighted by molar-refractivity contribution is 7.91. The lowest BCUT2D eigenvalue weighted by atomic mass is 9.96. The molecule has 5 nitrogen and oxygen atoms in total. The number of hydrogen-bond donors (Lipinski definition) is 3. The van der Waals surface area contributed by atoms with Crippen LogP contribution in [0.5, 0.6) is 0 Å². The van der Waals surface area contributed by atoms with Gasteiger partial charge in [-0.1, -0.05) is 13.3 Å². The van der Waals surface area contributed by atoms with Gasteiger partial charge in [0.25, 0.3) is 0 Å². The summed E-state index contributed by atoms with van der Waals surface area (Å²) >= 11 is 0. The summed E-state index contributed by atoms with van der Waals surface area (Å²) in [6.07, 6.45) is 4.12. The first kappa shape index (κ1) is 14.9. The quantitative estimate of drug-likeness (QED) is 0.612. The molecule has 0 saturated heterocycles. The second-order valence-corrected chi connectivity index (χ2v) is 7.26. The molecule has 2 atom stereocenters. The van der Waals surface area contributed by atoms with E-state index in [1.54, 1.807) is 0 Å². The zero-order chi connectivity index (χ0) is 13.1. The molecule has 0 aromatic heterocycles. The van der Waals surface area contributed by atoms with E-state index in [2.05, 4.69) is 5.32 Å². The Kier molecular flexibility index (Phi) is 4.95. The maximum absolute atomic E-state index is 11.6. The van der Waals surface area contributed by atoms with Crippen LogP contribution in [0.2, 0.25) is 0 Å². The minimum atomic E-state index is -3.07. The van der Waals surface area contributed by atoms with Crippen molar-refractivity contribution in [2.45, 2.75) is 49.4 Å². The van der Waals surface area contributed by atoms with Crippen LogP contribution in [-0.4, -0.2) is 54.9 Å². The summed E-state index contributed by atoms with van der Waals surface area (Å²) in [6.45, 7) is 1.49. The number of hydrogen-bond acceptors (Lipinski definition) is 5. The molecule has 0 bridgehead atoms. The van der Waals surface area contributed by atoms with Crippen LogP contribution < -0.4 is 5.32 Å². The molecule has 6 heteroatoms. The average molecular weight is 265 g/mol. The number of aliphatic hydroxyl groups excluding tert-OH is 2. The van der Waals surface area contributed by atoms with Gasteiger partial charge in [0, 0.05) is 12.3 Å². The Balaban J connectivity index is 2.79. The molecule has 0 heterocycles. The lowest BCUT2D eigenvalue weighted by Gasteiger charge is -2.35. The molecule has 102 valence electrons. The van der Waals surface area contributed by atoms with Gasteiger partial charge in [-0.3, -0.25) is 0 Å². The summed E-state index contributed by atoms with van der Waals surface area (Å²) in [4.78, 5) is 0. The summed E-state index contributed by atoms with van der Waals surface area (Å²) < 4.78 is 23.3. The Morgan fingerprint density at radius 2 is 1.88 bits per heavy atom. The van der Waals surface area contributed by atoms with E-state index in [9.17, 15) is 18.6 Å². The van der Waals surface area contributed by atoms with Crippen LogP contribution in [0.4, 0.5) is 0 Å². The summed E-state index contributed by atoms with van der Waals surface area (Å²) in [7, 11) is -3.07. The van der Waals surface area contributed by atoms with Gasteiger partial charge in [-0.05, 0) is 19.3 Å². The first-order valence-corrected chi connectivity index (χ1v) is 8.02. The van der Waals surface area contributed by atoms with Crippen molar-refractivity contribution >= 4 is 9.84 Å². The molecule has 17 heavy (non-hydrogen) atoms. The van der Waals surface area contributed by atoms with Crippen molar-refractivity contribution in [1.82, 2.24) is 5.32 Å². The van der Waals surface area contributed by atoms with Crippen LogP contribution in [0.1, 0.15) is 32.6 Å². The van der Waals surface area contributed by atoms with Crippen molar-refractivity contribution < 1.29 is 18.6 Å². The number of sulfone groups is 1. The molecule has 0 radical (unpaired) electrons. The molecule has 0 aromatic rings. The molecule has 1 rings (SSSR count). The third-order valence-corrected chi connectivity index (χ3v) is 5.44. The Hall–Kier alpha value is -0.170. The van der Waals surface area contributed by atoms with Gasteiger partial charge >= 0.3 is 0 Å². The van der Waals surface area contributed by atoms with Crippen LogP contribution in [-0.2, 0) is 9.84 Å².